The highest BCUT2D eigenvalue weighted by Gasteiger charge is 2.23. The molecule has 0 atom stereocenters. The molecule has 1 heterocycles. The molecule has 0 unspecified atom stereocenters. The molecule has 3 aromatic rings. The van der Waals surface area contributed by atoms with E-state index in [9.17, 15) is 13.2 Å². The quantitative estimate of drug-likeness (QED) is 0.478. The van der Waals surface area contributed by atoms with Gasteiger partial charge in [-0.3, -0.25) is 9.69 Å². The maximum Gasteiger partial charge on any atom is 0.260 e. The highest BCUT2D eigenvalue weighted by molar-refractivity contribution is 7.91. The Bertz CT molecular complexity index is 1170. The molecule has 166 valence electrons. The zero-order valence-corrected chi connectivity index (χ0v) is 20.1. The number of carbonyl (C=O) groups excluding carboxylic acids is 1. The maximum atomic E-state index is 13.5. The van der Waals surface area contributed by atoms with Gasteiger partial charge in [-0.05, 0) is 69.4 Å². The van der Waals surface area contributed by atoms with Crippen LogP contribution in [-0.2, 0) is 16.3 Å². The lowest BCUT2D eigenvalue weighted by Gasteiger charge is -2.21. The molecule has 0 saturated heterocycles. The van der Waals surface area contributed by atoms with Crippen molar-refractivity contribution in [3.05, 3.63) is 53.6 Å². The van der Waals surface area contributed by atoms with E-state index in [-0.39, 0.29) is 16.6 Å². The van der Waals surface area contributed by atoms with Gasteiger partial charge in [0.1, 0.15) is 0 Å². The van der Waals surface area contributed by atoms with Gasteiger partial charge in [-0.25, -0.2) is 13.4 Å². The largest absolute Gasteiger partial charge is 0.309 e. The van der Waals surface area contributed by atoms with Crippen LogP contribution >= 0.6 is 11.3 Å². The van der Waals surface area contributed by atoms with Crippen LogP contribution < -0.4 is 4.90 Å². The third kappa shape index (κ3) is 5.50. The van der Waals surface area contributed by atoms with E-state index in [1.165, 1.54) is 29.0 Å². The Morgan fingerprint density at radius 3 is 2.52 bits per heavy atom. The lowest BCUT2D eigenvalue weighted by molar-refractivity contribution is 0.0986. The van der Waals surface area contributed by atoms with Crippen LogP contribution in [0.15, 0.2) is 47.4 Å². The molecule has 3 rings (SSSR count). The van der Waals surface area contributed by atoms with Crippen LogP contribution in [0.3, 0.4) is 0 Å². The highest BCUT2D eigenvalue weighted by atomic mass is 32.2. The van der Waals surface area contributed by atoms with Gasteiger partial charge in [-0.2, -0.15) is 0 Å². The molecule has 0 aliphatic heterocycles. The second-order valence-corrected chi connectivity index (χ2v) is 11.0. The first-order valence-corrected chi connectivity index (χ1v) is 12.9. The smallest absolute Gasteiger partial charge is 0.260 e. The summed E-state index contributed by atoms with van der Waals surface area (Å²) in [6.07, 6.45) is 1.72. The van der Waals surface area contributed by atoms with Crippen molar-refractivity contribution >= 4 is 42.4 Å². The van der Waals surface area contributed by atoms with Crippen LogP contribution in [0.25, 0.3) is 10.2 Å². The number of fused-ring (bicyclic) bond motifs is 1. The Morgan fingerprint density at radius 1 is 1.06 bits per heavy atom. The number of carbonyl (C=O) groups is 1. The van der Waals surface area contributed by atoms with Crippen LogP contribution in [0, 0.1) is 0 Å². The predicted molar refractivity (Wildman–Crippen MR) is 128 cm³/mol. The number of hydrogen-bond acceptors (Lipinski definition) is 6. The average Bonchev–Trinajstić information content (AvgIpc) is 3.19. The van der Waals surface area contributed by atoms with E-state index in [4.69, 9.17) is 4.98 Å². The van der Waals surface area contributed by atoms with Gasteiger partial charge >= 0.3 is 0 Å². The molecule has 1 amide bonds. The van der Waals surface area contributed by atoms with Gasteiger partial charge in [0.15, 0.2) is 15.0 Å². The van der Waals surface area contributed by atoms with E-state index in [1.807, 2.05) is 20.2 Å². The van der Waals surface area contributed by atoms with Crippen molar-refractivity contribution in [3.63, 3.8) is 0 Å². The number of rotatable bonds is 9. The Morgan fingerprint density at radius 2 is 1.84 bits per heavy atom. The fourth-order valence-corrected chi connectivity index (χ4v) is 5.25. The van der Waals surface area contributed by atoms with E-state index < -0.39 is 9.84 Å². The number of aromatic nitrogens is 1. The lowest BCUT2D eigenvalue weighted by atomic mass is 10.2. The SMILES string of the molecule is CCc1ccc2nc(N(CCCN(C)C)C(=O)c3cccc(S(=O)(=O)CC)c3)sc2c1. The highest BCUT2D eigenvalue weighted by Crippen LogP contribution is 2.31. The van der Waals surface area contributed by atoms with Gasteiger partial charge in [0.05, 0.1) is 20.9 Å². The van der Waals surface area contributed by atoms with Crippen LogP contribution in [0.2, 0.25) is 0 Å². The molecule has 0 saturated carbocycles. The number of anilines is 1. The monoisotopic (exact) mass is 459 g/mol. The molecule has 6 nitrogen and oxygen atoms in total. The third-order valence-corrected chi connectivity index (χ3v) is 7.91. The maximum absolute atomic E-state index is 13.5. The average molecular weight is 460 g/mol. The summed E-state index contributed by atoms with van der Waals surface area (Å²) in [6, 6.07) is 12.5. The molecule has 1 aromatic heterocycles. The Hall–Kier alpha value is -2.29. The number of aryl methyl sites for hydroxylation is 1. The van der Waals surface area contributed by atoms with Crippen molar-refractivity contribution < 1.29 is 13.2 Å². The standard InChI is InChI=1S/C23H29N3O3S2/c1-5-17-11-12-20-21(15-17)30-23(24-20)26(14-8-13-25(3)4)22(27)18-9-7-10-19(16-18)31(28,29)6-2/h7,9-12,15-16H,5-6,8,13-14H2,1-4H3. The van der Waals surface area contributed by atoms with Crippen molar-refractivity contribution in [1.82, 2.24) is 9.88 Å². The second-order valence-electron chi connectivity index (χ2n) is 7.70. The minimum atomic E-state index is -3.39. The van der Waals surface area contributed by atoms with E-state index in [0.29, 0.717) is 17.2 Å². The van der Waals surface area contributed by atoms with Gasteiger partial charge < -0.3 is 4.90 Å². The number of nitrogens with zero attached hydrogens (tertiary/aromatic N) is 3. The lowest BCUT2D eigenvalue weighted by Crippen LogP contribution is -2.33. The number of amides is 1. The van der Waals surface area contributed by atoms with Crippen LogP contribution in [0.1, 0.15) is 36.2 Å². The third-order valence-electron chi connectivity index (χ3n) is 5.13. The summed E-state index contributed by atoms with van der Waals surface area (Å²) in [5.41, 5.74) is 2.45. The van der Waals surface area contributed by atoms with Crippen molar-refractivity contribution in [2.75, 3.05) is 37.8 Å². The van der Waals surface area contributed by atoms with E-state index >= 15 is 0 Å². The molecule has 0 bridgehead atoms. The van der Waals surface area contributed by atoms with Gasteiger partial charge in [-0.15, -0.1) is 0 Å². The summed E-state index contributed by atoms with van der Waals surface area (Å²) in [4.78, 5) is 22.1. The van der Waals surface area contributed by atoms with E-state index in [2.05, 4.69) is 24.0 Å². The Labute approximate surface area is 188 Å². The fraction of sp³-hybridized carbons (Fsp3) is 0.391. The topological polar surface area (TPSA) is 70.6 Å². The Kier molecular flexibility index (Phi) is 7.46. The molecule has 31 heavy (non-hydrogen) atoms. The predicted octanol–water partition coefficient (Wildman–Crippen LogP) is 4.25. The van der Waals surface area contributed by atoms with Gasteiger partial charge in [0.25, 0.3) is 5.91 Å². The zero-order chi connectivity index (χ0) is 22.6. The summed E-state index contributed by atoms with van der Waals surface area (Å²) in [7, 11) is 0.599. The number of hydrogen-bond donors (Lipinski definition) is 0. The Balaban J connectivity index is 1.99. The molecule has 0 fully saturated rings. The molecule has 0 aliphatic carbocycles. The van der Waals surface area contributed by atoms with Crippen molar-refractivity contribution in [2.24, 2.45) is 0 Å². The van der Waals surface area contributed by atoms with E-state index in [1.54, 1.807) is 24.0 Å². The molecule has 2 aromatic carbocycles. The molecular weight excluding hydrogens is 430 g/mol. The minimum absolute atomic E-state index is 0.00513. The van der Waals surface area contributed by atoms with Gasteiger partial charge in [-0.1, -0.05) is 37.3 Å². The number of sulfone groups is 1. The normalized spacial score (nSPS) is 11.9. The fourth-order valence-electron chi connectivity index (χ4n) is 3.27. The van der Waals surface area contributed by atoms with Crippen LogP contribution in [0.5, 0.6) is 0 Å². The van der Waals surface area contributed by atoms with Crippen molar-refractivity contribution in [3.8, 4) is 0 Å². The van der Waals surface area contributed by atoms with Crippen LogP contribution in [-0.4, -0.2) is 57.1 Å². The van der Waals surface area contributed by atoms with Gasteiger partial charge in [0.2, 0.25) is 0 Å². The molecule has 0 aliphatic rings. The second kappa shape index (κ2) is 9.89. The molecule has 0 N–H and O–H groups in total. The molecular formula is C23H29N3O3S2. The summed E-state index contributed by atoms with van der Waals surface area (Å²) in [5, 5.41) is 0.635. The van der Waals surface area contributed by atoms with E-state index in [0.717, 1.165) is 29.6 Å². The van der Waals surface area contributed by atoms with Crippen molar-refractivity contribution in [2.45, 2.75) is 31.6 Å². The summed E-state index contributed by atoms with van der Waals surface area (Å²) in [6.45, 7) is 5.04. The first-order chi connectivity index (χ1) is 14.7. The summed E-state index contributed by atoms with van der Waals surface area (Å²) < 4.78 is 25.6. The van der Waals surface area contributed by atoms with Gasteiger partial charge in [0, 0.05) is 12.1 Å². The minimum Gasteiger partial charge on any atom is -0.309 e. The first kappa shape index (κ1) is 23.4. The molecule has 0 spiro atoms. The summed E-state index contributed by atoms with van der Waals surface area (Å²) >= 11 is 1.49. The summed E-state index contributed by atoms with van der Waals surface area (Å²) in [5.74, 6) is -0.240. The number of benzene rings is 2. The zero-order valence-electron chi connectivity index (χ0n) is 18.5. The number of thiazole rings is 1. The van der Waals surface area contributed by atoms with Crippen LogP contribution in [0.4, 0.5) is 5.13 Å². The molecule has 0 radical (unpaired) electrons. The van der Waals surface area contributed by atoms with Crippen molar-refractivity contribution in [1.29, 1.82) is 0 Å². The molecule has 8 heteroatoms. The first-order valence-electron chi connectivity index (χ1n) is 10.4.